The number of amides is 1. The van der Waals surface area contributed by atoms with Crippen molar-refractivity contribution in [2.75, 3.05) is 44.6 Å². The molecule has 53 heavy (non-hydrogen) atoms. The van der Waals surface area contributed by atoms with Crippen LogP contribution in [0.15, 0.2) is 95.9 Å². The molecular formula is C41H42F5N3O3S. The molecule has 1 fully saturated rings. The molecule has 1 saturated heterocycles. The zero-order valence-electron chi connectivity index (χ0n) is 45.7. The second kappa shape index (κ2) is 16.8. The van der Waals surface area contributed by atoms with Crippen LogP contribution in [-0.2, 0) is 28.0 Å². The molecule has 12 heteroatoms. The predicted molar refractivity (Wildman–Crippen MR) is 198 cm³/mol. The lowest BCUT2D eigenvalue weighted by Crippen LogP contribution is -2.50. The highest BCUT2D eigenvalue weighted by atomic mass is 32.2. The number of ether oxygens (including phenoxy) is 1. The number of anilines is 1. The first-order chi connectivity index (χ1) is 32.4. The van der Waals surface area contributed by atoms with Crippen LogP contribution in [0.4, 0.5) is 27.6 Å². The maximum Gasteiger partial charge on any atom is 0.416 e. The summed E-state index contributed by atoms with van der Waals surface area (Å²) in [6.45, 7) is -14.3. The standard InChI is InChI=1S/C41H42F5N3O3S/c1-27-6-15-36-34(22-27)37(50)23-39(53-26-31-4-3-5-35(42)40(31)43)49(36)25-38(51)48(33-16-18-47(19-17-33)20-21-52-2)24-28-7-9-29(10-8-28)30-11-13-32(14-12-30)41(44,45)46/h3-15,22-23,33,37,50H,16-21,24-26H2,1-2H3/i2D3,6D,15D,16D2,17D2,18D2,19D2,22D,23D,25D2,33D. The van der Waals surface area contributed by atoms with Crippen LogP contribution < -0.4 is 4.90 Å². The molecule has 2 aliphatic heterocycles. The van der Waals surface area contributed by atoms with Gasteiger partial charge in [-0.3, -0.25) is 4.79 Å². The van der Waals surface area contributed by atoms with E-state index in [1.165, 1.54) is 19.1 Å². The van der Waals surface area contributed by atoms with Gasteiger partial charge in [0.1, 0.15) is 12.6 Å². The zero-order valence-corrected chi connectivity index (χ0v) is 28.5. The van der Waals surface area contributed by atoms with E-state index in [4.69, 9.17) is 15.1 Å². The van der Waals surface area contributed by atoms with Crippen molar-refractivity contribution in [1.29, 1.82) is 0 Å². The number of nitrogens with zero attached hydrogens (tertiary/aromatic N) is 3. The van der Waals surface area contributed by atoms with Crippen LogP contribution in [0.3, 0.4) is 0 Å². The summed E-state index contributed by atoms with van der Waals surface area (Å²) >= 11 is 0.285. The van der Waals surface area contributed by atoms with Crippen molar-refractivity contribution >= 4 is 23.4 Å². The topological polar surface area (TPSA) is 56.3 Å². The highest BCUT2D eigenvalue weighted by molar-refractivity contribution is 8.02. The smallest absolute Gasteiger partial charge is 0.384 e. The fourth-order valence-electron chi connectivity index (χ4n) is 5.19. The summed E-state index contributed by atoms with van der Waals surface area (Å²) in [4.78, 5) is 15.5. The fraction of sp³-hybridized carbons (Fsp3) is 0.341. The summed E-state index contributed by atoms with van der Waals surface area (Å²) in [6.07, 6.45) is -15.3. The Hall–Kier alpha value is -4.23. The molecule has 2 heterocycles. The molecule has 1 unspecified atom stereocenters. The van der Waals surface area contributed by atoms with E-state index >= 15 is 9.18 Å². The van der Waals surface area contributed by atoms with Crippen LogP contribution in [0.1, 0.15) is 71.3 Å². The van der Waals surface area contributed by atoms with Crippen molar-refractivity contribution < 1.29 is 61.3 Å². The Bertz CT molecular complexity index is 2720. The van der Waals surface area contributed by atoms with Crippen molar-refractivity contribution in [3.63, 3.8) is 0 Å². The van der Waals surface area contributed by atoms with Crippen LogP contribution in [0.25, 0.3) is 11.1 Å². The average Bonchev–Trinajstić information content (AvgIpc) is 3.28. The number of rotatable bonds is 12. The molecule has 1 atom stereocenters. The third kappa shape index (κ3) is 9.29. The summed E-state index contributed by atoms with van der Waals surface area (Å²) in [5, 5.41) is 10.7. The maximum atomic E-state index is 15.6. The van der Waals surface area contributed by atoms with E-state index in [1.54, 1.807) is 0 Å². The third-order valence-electron chi connectivity index (χ3n) is 7.90. The van der Waals surface area contributed by atoms with E-state index in [0.717, 1.165) is 54.6 Å². The minimum absolute atomic E-state index is 0.0907. The number of hydrogen-bond acceptors (Lipinski definition) is 6. The first-order valence-corrected chi connectivity index (χ1v) is 16.7. The van der Waals surface area contributed by atoms with Gasteiger partial charge in [0.15, 0.2) is 11.6 Å². The van der Waals surface area contributed by atoms with E-state index in [9.17, 15) is 32.3 Å². The molecule has 1 amide bonds. The highest BCUT2D eigenvalue weighted by Crippen LogP contribution is 2.41. The van der Waals surface area contributed by atoms with Gasteiger partial charge in [0.2, 0.25) is 5.91 Å². The molecule has 0 aliphatic carbocycles. The molecule has 2 aliphatic rings. The van der Waals surface area contributed by atoms with E-state index < -0.39 is 152 Å². The molecule has 4 aromatic carbocycles. The number of methoxy groups -OCH3 is 1. The zero-order chi connectivity index (χ0) is 53.6. The highest BCUT2D eigenvalue weighted by Gasteiger charge is 2.33. The summed E-state index contributed by atoms with van der Waals surface area (Å²) in [5.41, 5.74) is -3.10. The van der Waals surface area contributed by atoms with Gasteiger partial charge in [0.05, 0.1) is 30.9 Å². The Morgan fingerprint density at radius 3 is 2.47 bits per heavy atom. The van der Waals surface area contributed by atoms with Gasteiger partial charge in [-0.05, 0) is 66.7 Å². The van der Waals surface area contributed by atoms with Gasteiger partial charge in [-0.25, -0.2) is 8.78 Å². The van der Waals surface area contributed by atoms with Crippen LogP contribution in [0, 0.1) is 18.6 Å². The number of thioether (sulfide) groups is 1. The average molecular weight is 770 g/mol. The minimum Gasteiger partial charge on any atom is -0.384 e. The van der Waals surface area contributed by atoms with Gasteiger partial charge in [-0.1, -0.05) is 66.2 Å². The Kier molecular flexibility index (Phi) is 6.87. The molecule has 0 bridgehead atoms. The number of aliphatic hydroxyl groups excluding tert-OH is 1. The number of aliphatic hydroxyl groups is 1. The van der Waals surface area contributed by atoms with Gasteiger partial charge in [0, 0.05) is 72.7 Å². The molecular weight excluding hydrogens is 710 g/mol. The number of carbonyl (C=O) groups is 1. The second-order valence-electron chi connectivity index (χ2n) is 11.5. The molecule has 1 N–H and O–H groups in total. The SMILES string of the molecule is [2H]C1=C(SCc2cccc(F)c2F)N(C([2H])([2H])C(=O)N(Cc2ccc(-c3ccc(C(F)(F)F)cc3)cc2)C2([2H])C([2H])([2H])C([2H])([2H])N(CCOC([2H])([2H])[2H])C([2H])([2H])C2([2H])[2H])c2c([2H])c([2H])c(C)c([2H])c2C1O. The number of hydrogen-bond donors (Lipinski definition) is 1. The summed E-state index contributed by atoms with van der Waals surface area (Å²) in [5.74, 6) is -5.65. The van der Waals surface area contributed by atoms with Gasteiger partial charge in [-0.2, -0.15) is 13.2 Å². The number of benzene rings is 4. The van der Waals surface area contributed by atoms with Crippen LogP contribution >= 0.6 is 11.8 Å². The van der Waals surface area contributed by atoms with Crippen molar-refractivity contribution in [2.45, 2.75) is 50.3 Å². The maximum absolute atomic E-state index is 15.6. The van der Waals surface area contributed by atoms with E-state index in [-0.39, 0.29) is 48.7 Å². The van der Waals surface area contributed by atoms with E-state index in [0.29, 0.717) is 0 Å². The van der Waals surface area contributed by atoms with Crippen molar-refractivity contribution in [3.8, 4) is 11.1 Å². The third-order valence-corrected chi connectivity index (χ3v) is 8.93. The molecule has 280 valence electrons. The number of fused-ring (bicyclic) bond motifs is 1. The lowest BCUT2D eigenvalue weighted by atomic mass is 9.99. The van der Waals surface area contributed by atoms with Gasteiger partial charge in [-0.15, -0.1) is 11.8 Å². The van der Waals surface area contributed by atoms with E-state index in [2.05, 4.69) is 4.74 Å². The molecule has 0 aromatic heterocycles. The number of alkyl halides is 3. The Labute approximate surface area is 336 Å². The van der Waals surface area contributed by atoms with Crippen LogP contribution in [-0.4, -0.2) is 66.5 Å². The molecule has 0 saturated carbocycles. The van der Waals surface area contributed by atoms with Gasteiger partial charge < -0.3 is 24.5 Å². The largest absolute Gasteiger partial charge is 0.416 e. The monoisotopic (exact) mass is 769 g/mol. The van der Waals surface area contributed by atoms with Gasteiger partial charge >= 0.3 is 6.18 Å². The van der Waals surface area contributed by atoms with Crippen molar-refractivity contribution in [3.05, 3.63) is 135 Å². The predicted octanol–water partition coefficient (Wildman–Crippen LogP) is 8.73. The number of piperidine rings is 1. The molecule has 6 rings (SSSR count). The van der Waals surface area contributed by atoms with Crippen molar-refractivity contribution in [2.24, 2.45) is 0 Å². The number of carbonyl (C=O) groups excluding carboxylic acids is 1. The summed E-state index contributed by atoms with van der Waals surface area (Å²) in [7, 11) is -3.15. The molecule has 6 nitrogen and oxygen atoms in total. The summed E-state index contributed by atoms with van der Waals surface area (Å²) < 4.78 is 234. The van der Waals surface area contributed by atoms with Crippen LogP contribution in [0.2, 0.25) is 0 Å². The summed E-state index contributed by atoms with van der Waals surface area (Å²) in [6, 6.07) is 3.83. The van der Waals surface area contributed by atoms with Gasteiger partial charge in [0.25, 0.3) is 0 Å². The molecule has 4 aromatic rings. The Morgan fingerprint density at radius 2 is 1.79 bits per heavy atom. The first kappa shape index (κ1) is 21.6. The Morgan fingerprint density at radius 1 is 1.09 bits per heavy atom. The van der Waals surface area contributed by atoms with Crippen LogP contribution in [0.5, 0.6) is 0 Å². The fourth-order valence-corrected chi connectivity index (χ4v) is 6.17. The molecule has 0 radical (unpaired) electrons. The lowest BCUT2D eigenvalue weighted by molar-refractivity contribution is -0.137. The lowest BCUT2D eigenvalue weighted by Gasteiger charge is -2.40. The quantitative estimate of drug-likeness (QED) is 0.146. The minimum atomic E-state index is -4.68. The normalized spacial score (nSPS) is 26.8. The van der Waals surface area contributed by atoms with Crippen molar-refractivity contribution in [1.82, 2.24) is 9.80 Å². The molecule has 0 spiro atoms. The number of halogens is 5. The second-order valence-corrected chi connectivity index (χ2v) is 12.5. The Balaban J connectivity index is 1.59. The number of likely N-dealkylation sites (tertiary alicyclic amines) is 1. The van der Waals surface area contributed by atoms with E-state index in [1.807, 2.05) is 0 Å². The first-order valence-electron chi connectivity index (χ1n) is 24.8.